The summed E-state index contributed by atoms with van der Waals surface area (Å²) in [5, 5.41) is 10.3. The third-order valence-corrected chi connectivity index (χ3v) is 4.96. The molecule has 2 aromatic heterocycles. The van der Waals surface area contributed by atoms with Gasteiger partial charge in [-0.15, -0.1) is 0 Å². The van der Waals surface area contributed by atoms with Crippen molar-refractivity contribution in [2.45, 2.75) is 44.6 Å². The largest absolute Gasteiger partial charge is 0.756 e. The predicted octanol–water partition coefficient (Wildman–Crippen LogP) is 0.359. The molecule has 0 aromatic carbocycles. The number of fused-ring (bicyclic) bond motifs is 1. The summed E-state index contributed by atoms with van der Waals surface area (Å²) < 4.78 is 28.5. The minimum absolute atomic E-state index is 0.0796. The molecule has 1 unspecified atom stereocenters. The molecule has 26 heavy (non-hydrogen) atoms. The Morgan fingerprint density at radius 3 is 3.04 bits per heavy atom. The lowest BCUT2D eigenvalue weighted by Crippen LogP contribution is -2.20. The predicted molar refractivity (Wildman–Crippen MR) is 88.7 cm³/mol. The standard InChI is InChI=1S/C14H22N5O6P/c1-2-3-4-23-26(21,22)24-6-9-5-10(20)14(25-9)19-8-18-11-12(15)16-7-17-13(11)19/h7-10,14,20H,2-6H2,1H3,(H,21,22)(H2,15,16,17)/p-1/t9-,10+,14+/m0/s1. The van der Waals surface area contributed by atoms with E-state index in [4.69, 9.17) is 19.5 Å². The van der Waals surface area contributed by atoms with Crippen molar-refractivity contribution in [1.29, 1.82) is 0 Å². The van der Waals surface area contributed by atoms with Gasteiger partial charge in [0.05, 0.1) is 25.6 Å². The van der Waals surface area contributed by atoms with Gasteiger partial charge in [-0.05, 0) is 6.42 Å². The Bertz CT molecular complexity index is 801. The number of hydrogen-bond acceptors (Lipinski definition) is 10. The zero-order valence-corrected chi connectivity index (χ0v) is 15.1. The Labute approximate surface area is 149 Å². The highest BCUT2D eigenvalue weighted by molar-refractivity contribution is 7.45. The number of imidazole rings is 1. The number of phosphoric ester groups is 1. The lowest BCUT2D eigenvalue weighted by molar-refractivity contribution is -0.228. The van der Waals surface area contributed by atoms with Crippen molar-refractivity contribution in [3.05, 3.63) is 12.7 Å². The number of rotatable bonds is 8. The lowest BCUT2D eigenvalue weighted by atomic mass is 10.2. The van der Waals surface area contributed by atoms with Crippen LogP contribution in [0.3, 0.4) is 0 Å². The van der Waals surface area contributed by atoms with Gasteiger partial charge in [-0.1, -0.05) is 13.3 Å². The van der Waals surface area contributed by atoms with Gasteiger partial charge in [0.2, 0.25) is 0 Å². The van der Waals surface area contributed by atoms with Crippen LogP contribution in [0.2, 0.25) is 0 Å². The fourth-order valence-electron chi connectivity index (χ4n) is 2.68. The fourth-order valence-corrected chi connectivity index (χ4v) is 3.45. The Morgan fingerprint density at radius 1 is 1.46 bits per heavy atom. The van der Waals surface area contributed by atoms with Gasteiger partial charge in [-0.2, -0.15) is 0 Å². The molecule has 4 atom stereocenters. The third-order valence-electron chi connectivity index (χ3n) is 3.99. The highest BCUT2D eigenvalue weighted by atomic mass is 31.2. The lowest BCUT2D eigenvalue weighted by Gasteiger charge is -2.24. The van der Waals surface area contributed by atoms with Gasteiger partial charge in [0.15, 0.2) is 17.7 Å². The number of nitrogen functional groups attached to an aromatic ring is 1. The van der Waals surface area contributed by atoms with E-state index in [9.17, 15) is 14.6 Å². The first-order chi connectivity index (χ1) is 12.4. The zero-order chi connectivity index (χ0) is 18.7. The van der Waals surface area contributed by atoms with Crippen LogP contribution in [0.25, 0.3) is 11.2 Å². The molecule has 1 aliphatic rings. The summed E-state index contributed by atoms with van der Waals surface area (Å²) in [5.74, 6) is 0.220. The molecule has 0 spiro atoms. The average Bonchev–Trinajstić information content (AvgIpc) is 3.17. The number of aliphatic hydroxyl groups is 1. The van der Waals surface area contributed by atoms with Crippen molar-refractivity contribution in [2.75, 3.05) is 18.9 Å². The summed E-state index contributed by atoms with van der Waals surface area (Å²) >= 11 is 0. The van der Waals surface area contributed by atoms with Crippen LogP contribution in [0.15, 0.2) is 12.7 Å². The number of aromatic nitrogens is 4. The number of anilines is 1. The van der Waals surface area contributed by atoms with Crippen LogP contribution in [0.1, 0.15) is 32.4 Å². The first kappa shape index (κ1) is 19.2. The number of unbranched alkanes of at least 4 members (excludes halogenated alkanes) is 1. The van der Waals surface area contributed by atoms with Gasteiger partial charge in [0.1, 0.15) is 17.9 Å². The van der Waals surface area contributed by atoms with E-state index in [0.29, 0.717) is 17.6 Å². The number of phosphoric acid groups is 1. The van der Waals surface area contributed by atoms with Crippen molar-refractivity contribution in [2.24, 2.45) is 0 Å². The van der Waals surface area contributed by atoms with E-state index in [-0.39, 0.29) is 25.5 Å². The van der Waals surface area contributed by atoms with E-state index in [1.807, 2.05) is 6.92 Å². The molecule has 0 radical (unpaired) electrons. The molecular weight excluding hydrogens is 365 g/mol. The Balaban J connectivity index is 1.62. The average molecular weight is 386 g/mol. The van der Waals surface area contributed by atoms with Crippen LogP contribution in [0, 0.1) is 0 Å². The summed E-state index contributed by atoms with van der Waals surface area (Å²) in [5.41, 5.74) is 6.56. The van der Waals surface area contributed by atoms with Gasteiger partial charge in [0.25, 0.3) is 7.82 Å². The SMILES string of the molecule is CCCCOP(=O)([O-])OC[C@@H]1C[C@@H](O)[C@H](n2cnc3c(N)ncnc32)O1. The quantitative estimate of drug-likeness (QED) is 0.479. The molecule has 2 aromatic rings. The molecule has 1 aliphatic heterocycles. The summed E-state index contributed by atoms with van der Waals surface area (Å²) in [6.07, 6.45) is 2.07. The second-order valence-electron chi connectivity index (χ2n) is 5.96. The number of nitrogens with zero attached hydrogens (tertiary/aromatic N) is 4. The van der Waals surface area contributed by atoms with Crippen molar-refractivity contribution in [1.82, 2.24) is 19.5 Å². The van der Waals surface area contributed by atoms with E-state index < -0.39 is 26.3 Å². The van der Waals surface area contributed by atoms with E-state index in [1.165, 1.54) is 17.2 Å². The number of aliphatic hydroxyl groups excluding tert-OH is 1. The molecule has 1 saturated heterocycles. The van der Waals surface area contributed by atoms with E-state index >= 15 is 0 Å². The fraction of sp³-hybridized carbons (Fsp3) is 0.643. The second kappa shape index (κ2) is 7.95. The van der Waals surface area contributed by atoms with Crippen LogP contribution >= 0.6 is 7.82 Å². The normalized spacial score (nSPS) is 25.6. The number of ether oxygens (including phenoxy) is 1. The summed E-state index contributed by atoms with van der Waals surface area (Å²) in [7, 11) is -4.39. The van der Waals surface area contributed by atoms with E-state index in [1.54, 1.807) is 0 Å². The van der Waals surface area contributed by atoms with E-state index in [2.05, 4.69) is 15.0 Å². The number of hydrogen-bond donors (Lipinski definition) is 2. The molecule has 3 N–H and O–H groups in total. The van der Waals surface area contributed by atoms with Crippen LogP contribution in [-0.4, -0.2) is 50.0 Å². The van der Waals surface area contributed by atoms with Crippen LogP contribution in [0.4, 0.5) is 5.82 Å². The molecule has 0 aliphatic carbocycles. The van der Waals surface area contributed by atoms with Crippen molar-refractivity contribution >= 4 is 24.8 Å². The van der Waals surface area contributed by atoms with Crippen LogP contribution < -0.4 is 10.6 Å². The molecular formula is C14H21N5O6P-. The molecule has 1 fully saturated rings. The highest BCUT2D eigenvalue weighted by Crippen LogP contribution is 2.40. The molecule has 3 heterocycles. The van der Waals surface area contributed by atoms with Gasteiger partial charge < -0.3 is 29.5 Å². The van der Waals surface area contributed by atoms with Crippen molar-refractivity contribution in [3.63, 3.8) is 0 Å². The molecule has 0 bridgehead atoms. The number of nitrogens with two attached hydrogens (primary N) is 1. The van der Waals surface area contributed by atoms with Crippen molar-refractivity contribution < 1.29 is 28.3 Å². The minimum Gasteiger partial charge on any atom is -0.756 e. The molecule has 0 saturated carbocycles. The first-order valence-electron chi connectivity index (χ1n) is 8.28. The monoisotopic (exact) mass is 386 g/mol. The van der Waals surface area contributed by atoms with Crippen LogP contribution in [-0.2, 0) is 18.3 Å². The molecule has 11 nitrogen and oxygen atoms in total. The highest BCUT2D eigenvalue weighted by Gasteiger charge is 2.37. The van der Waals surface area contributed by atoms with Crippen molar-refractivity contribution in [3.8, 4) is 0 Å². The molecule has 3 rings (SSSR count). The third kappa shape index (κ3) is 4.20. The molecule has 144 valence electrons. The van der Waals surface area contributed by atoms with Crippen LogP contribution in [0.5, 0.6) is 0 Å². The Kier molecular flexibility index (Phi) is 5.86. The Morgan fingerprint density at radius 2 is 2.27 bits per heavy atom. The summed E-state index contributed by atoms with van der Waals surface area (Å²) in [4.78, 5) is 23.8. The second-order valence-corrected chi connectivity index (χ2v) is 7.38. The Hall–Kier alpha value is -1.62. The maximum absolute atomic E-state index is 11.7. The smallest absolute Gasteiger partial charge is 0.267 e. The van der Waals surface area contributed by atoms with E-state index in [0.717, 1.165) is 6.42 Å². The van der Waals surface area contributed by atoms with Gasteiger partial charge in [-0.3, -0.25) is 9.13 Å². The topological polar surface area (TPSA) is 158 Å². The van der Waals surface area contributed by atoms with Gasteiger partial charge >= 0.3 is 0 Å². The summed E-state index contributed by atoms with van der Waals surface area (Å²) in [6, 6.07) is 0. The maximum Gasteiger partial charge on any atom is 0.267 e. The van der Waals surface area contributed by atoms with Gasteiger partial charge in [-0.25, -0.2) is 15.0 Å². The summed E-state index contributed by atoms with van der Waals surface area (Å²) in [6.45, 7) is 1.76. The van der Waals surface area contributed by atoms with Gasteiger partial charge in [0, 0.05) is 6.42 Å². The minimum atomic E-state index is -4.39. The first-order valence-corrected chi connectivity index (χ1v) is 9.74. The zero-order valence-electron chi connectivity index (χ0n) is 14.2. The molecule has 0 amide bonds. The molecule has 12 heteroatoms. The maximum atomic E-state index is 11.7.